The lowest BCUT2D eigenvalue weighted by Gasteiger charge is -2.41. The molecule has 0 bridgehead atoms. The van der Waals surface area contributed by atoms with Gasteiger partial charge in [0.05, 0.1) is 0 Å². The Kier molecular flexibility index (Phi) is 4.52. The predicted molar refractivity (Wildman–Crippen MR) is 57.2 cm³/mol. The Bertz CT molecular complexity index is 149. The van der Waals surface area contributed by atoms with Gasteiger partial charge in [-0.1, -0.05) is 0 Å². The molecule has 0 amide bonds. The van der Waals surface area contributed by atoms with E-state index in [0.29, 0.717) is 6.73 Å². The van der Waals surface area contributed by atoms with Crippen LogP contribution in [0.25, 0.3) is 0 Å². The molecule has 0 N–H and O–H groups in total. The second kappa shape index (κ2) is 5.20. The molecule has 0 atom stereocenters. The molecule has 13 heavy (non-hydrogen) atoms. The monoisotopic (exact) mass is 206 g/mol. The van der Waals surface area contributed by atoms with Crippen LogP contribution in [0.3, 0.4) is 0 Å². The van der Waals surface area contributed by atoms with Crippen LogP contribution in [0.15, 0.2) is 0 Å². The van der Waals surface area contributed by atoms with E-state index in [0.717, 1.165) is 31.9 Å². The first-order valence-corrected chi connectivity index (χ1v) is 5.40. The van der Waals surface area contributed by atoms with Gasteiger partial charge in [0.2, 0.25) is 0 Å². The summed E-state index contributed by atoms with van der Waals surface area (Å²) in [5.74, 6) is 0.852. The van der Waals surface area contributed by atoms with E-state index in [1.54, 1.807) is 7.11 Å². The number of methoxy groups -OCH3 is 1. The molecule has 1 heterocycles. The maximum atomic E-state index is 5.35. The molecule has 78 valence electrons. The number of rotatable bonds is 4. The van der Waals surface area contributed by atoms with Crippen LogP contribution in [-0.4, -0.2) is 43.4 Å². The summed E-state index contributed by atoms with van der Waals surface area (Å²) in [6.07, 6.45) is 2.17. The lowest BCUT2D eigenvalue weighted by molar-refractivity contribution is -0.0539. The third kappa shape index (κ3) is 2.84. The summed E-state index contributed by atoms with van der Waals surface area (Å²) in [5.41, 5.74) is 0.232. The summed E-state index contributed by atoms with van der Waals surface area (Å²) in [4.78, 5) is 2.30. The molecule has 0 radical (unpaired) electrons. The molecular weight excluding hydrogens is 186 g/mol. The largest absolute Gasteiger partial charge is 0.381 e. The molecule has 0 spiro atoms. The molecule has 1 aliphatic heterocycles. The fourth-order valence-electron chi connectivity index (χ4n) is 1.68. The Balaban J connectivity index is 2.52. The first-order valence-electron chi connectivity index (χ1n) is 4.69. The van der Waals surface area contributed by atoms with Crippen molar-refractivity contribution in [1.29, 1.82) is 0 Å². The molecule has 1 saturated heterocycles. The lowest BCUT2D eigenvalue weighted by atomic mass is 9.91. The highest BCUT2D eigenvalue weighted by atomic mass is 32.1. The average Bonchev–Trinajstić information content (AvgIpc) is 2.15. The van der Waals surface area contributed by atoms with E-state index in [9.17, 15) is 0 Å². The molecule has 0 aliphatic carbocycles. The Morgan fingerprint density at radius 3 is 2.54 bits per heavy atom. The number of nitrogens with zero attached hydrogens (tertiary/aromatic N) is 1. The van der Waals surface area contributed by atoms with Crippen molar-refractivity contribution in [3.05, 3.63) is 0 Å². The maximum Gasteiger partial charge on any atom is 0.159 e. The van der Waals surface area contributed by atoms with Gasteiger partial charge in [0.25, 0.3) is 0 Å². The lowest BCUT2D eigenvalue weighted by Crippen LogP contribution is -2.50. The Morgan fingerprint density at radius 1 is 1.46 bits per heavy atom. The summed E-state index contributed by atoms with van der Waals surface area (Å²) in [6, 6.07) is 0. The fourth-order valence-corrected chi connectivity index (χ4v) is 2.15. The van der Waals surface area contributed by atoms with Gasteiger partial charge < -0.3 is 9.47 Å². The molecule has 0 aromatic carbocycles. The highest BCUT2D eigenvalue weighted by Crippen LogP contribution is 2.26. The molecule has 0 saturated carbocycles. The van der Waals surface area contributed by atoms with Gasteiger partial charge in [-0.25, -0.2) is 4.90 Å². The summed E-state index contributed by atoms with van der Waals surface area (Å²) >= 11 is 3.54. The van der Waals surface area contributed by atoms with Gasteiger partial charge in [0.15, 0.2) is 5.88 Å². The summed E-state index contributed by atoms with van der Waals surface area (Å²) in [7, 11) is 1.73. The van der Waals surface area contributed by atoms with Crippen molar-refractivity contribution in [3.8, 4) is 0 Å². The van der Waals surface area contributed by atoms with Crippen LogP contribution in [0.5, 0.6) is 0 Å². The molecule has 1 fully saturated rings. The van der Waals surface area contributed by atoms with Crippen molar-refractivity contribution in [3.63, 3.8) is 0 Å². The molecular formula is C9H20NO2S+. The van der Waals surface area contributed by atoms with Crippen LogP contribution in [0, 0.1) is 0 Å². The fraction of sp³-hybridized carbons (Fsp3) is 1.00. The van der Waals surface area contributed by atoms with Crippen LogP contribution in [0.1, 0.15) is 19.8 Å². The smallest absolute Gasteiger partial charge is 0.159 e. The van der Waals surface area contributed by atoms with E-state index >= 15 is 0 Å². The van der Waals surface area contributed by atoms with Gasteiger partial charge in [-0.3, -0.25) is 0 Å². The zero-order valence-electron chi connectivity index (χ0n) is 8.51. The van der Waals surface area contributed by atoms with Gasteiger partial charge in [-0.15, -0.1) is 0 Å². The minimum atomic E-state index is 0.232. The molecule has 4 heteroatoms. The summed E-state index contributed by atoms with van der Waals surface area (Å²) in [5, 5.41) is 0. The van der Waals surface area contributed by atoms with Crippen molar-refractivity contribution >= 4 is 12.6 Å². The van der Waals surface area contributed by atoms with Gasteiger partial charge in [-0.2, -0.15) is 0 Å². The van der Waals surface area contributed by atoms with Crippen molar-refractivity contribution in [2.45, 2.75) is 25.3 Å². The SMILES string of the molecule is COCN(C[SH2+])C1(C)CCOCC1. The van der Waals surface area contributed by atoms with Crippen molar-refractivity contribution < 1.29 is 9.47 Å². The molecule has 1 aliphatic rings. The highest BCUT2D eigenvalue weighted by Gasteiger charge is 2.34. The standard InChI is InChI=1S/C9H19NO2S/c1-9(3-5-12-6-4-9)10(8-13)7-11-2/h13H,3-8H2,1-2H3/p+1. The van der Waals surface area contributed by atoms with Crippen LogP contribution >= 0.6 is 0 Å². The normalized spacial score (nSPS) is 22.2. The second-order valence-corrected chi connectivity index (χ2v) is 4.04. The second-order valence-electron chi connectivity index (χ2n) is 3.73. The Morgan fingerprint density at radius 2 is 2.08 bits per heavy atom. The van der Waals surface area contributed by atoms with Crippen LogP contribution in [0.2, 0.25) is 0 Å². The topological polar surface area (TPSA) is 21.7 Å². The predicted octanol–water partition coefficient (Wildman–Crippen LogP) is 0.430. The third-order valence-electron chi connectivity index (χ3n) is 2.81. The molecule has 3 nitrogen and oxygen atoms in total. The minimum Gasteiger partial charge on any atom is -0.381 e. The van der Waals surface area contributed by atoms with E-state index in [1.807, 2.05) is 0 Å². The Hall–Kier alpha value is 0.230. The van der Waals surface area contributed by atoms with Gasteiger partial charge in [-0.05, 0) is 32.4 Å². The number of hydrogen-bond donors (Lipinski definition) is 0. The molecule has 0 aromatic rings. The van der Waals surface area contributed by atoms with E-state index in [1.165, 1.54) is 0 Å². The van der Waals surface area contributed by atoms with Crippen LogP contribution < -0.4 is 0 Å². The van der Waals surface area contributed by atoms with Crippen molar-refractivity contribution in [2.75, 3.05) is 32.9 Å². The van der Waals surface area contributed by atoms with Crippen molar-refractivity contribution in [1.82, 2.24) is 4.90 Å². The maximum absolute atomic E-state index is 5.35. The quantitative estimate of drug-likeness (QED) is 0.492. The van der Waals surface area contributed by atoms with Crippen molar-refractivity contribution in [2.24, 2.45) is 0 Å². The zero-order chi connectivity index (χ0) is 9.73. The molecule has 1 rings (SSSR count). The van der Waals surface area contributed by atoms with Crippen LogP contribution in [-0.2, 0) is 22.1 Å². The summed E-state index contributed by atoms with van der Waals surface area (Å²) < 4.78 is 10.5. The first kappa shape index (κ1) is 11.3. The van der Waals surface area contributed by atoms with E-state index < -0.39 is 0 Å². The van der Waals surface area contributed by atoms with Gasteiger partial charge >= 0.3 is 0 Å². The first-order chi connectivity index (χ1) is 6.23. The number of ether oxygens (including phenoxy) is 2. The Labute approximate surface area is 85.8 Å². The van der Waals surface area contributed by atoms with E-state index in [4.69, 9.17) is 9.47 Å². The van der Waals surface area contributed by atoms with E-state index in [2.05, 4.69) is 24.5 Å². The molecule has 0 aromatic heterocycles. The minimum absolute atomic E-state index is 0.232. The highest BCUT2D eigenvalue weighted by molar-refractivity contribution is 7.58. The zero-order valence-corrected chi connectivity index (χ0v) is 9.51. The van der Waals surface area contributed by atoms with Gasteiger partial charge in [0, 0.05) is 25.9 Å². The third-order valence-corrected chi connectivity index (χ3v) is 3.19. The van der Waals surface area contributed by atoms with Crippen LogP contribution in [0.4, 0.5) is 0 Å². The average molecular weight is 206 g/mol. The summed E-state index contributed by atoms with van der Waals surface area (Å²) in [6.45, 7) is 4.68. The van der Waals surface area contributed by atoms with E-state index in [-0.39, 0.29) is 5.54 Å². The molecule has 0 unspecified atom stereocenters. The van der Waals surface area contributed by atoms with Gasteiger partial charge in [0.1, 0.15) is 6.73 Å². The number of hydrogen-bond acceptors (Lipinski definition) is 3.